The number of amides is 1. The summed E-state index contributed by atoms with van der Waals surface area (Å²) in [5, 5.41) is 45.2. The van der Waals surface area contributed by atoms with E-state index >= 15 is 4.39 Å². The van der Waals surface area contributed by atoms with E-state index in [4.69, 9.17) is 5.73 Å². The molecule has 2 saturated carbocycles. The fourth-order valence-corrected chi connectivity index (χ4v) is 7.95. The highest BCUT2D eigenvalue weighted by Gasteiger charge is 2.62. The van der Waals surface area contributed by atoms with Crippen molar-refractivity contribution >= 4 is 17.4 Å². The smallest absolute Gasteiger partial charge is 0.252 e. The summed E-state index contributed by atoms with van der Waals surface area (Å²) in [6.45, 7) is 4.98. The number of aromatic hydroxyl groups is 1. The van der Waals surface area contributed by atoms with Crippen LogP contribution in [0.1, 0.15) is 55.2 Å². The van der Waals surface area contributed by atoms with Crippen molar-refractivity contribution < 1.29 is 34.4 Å². The van der Waals surface area contributed by atoms with Crippen LogP contribution < -0.4 is 5.73 Å². The number of ketones is 1. The zero-order valence-electron chi connectivity index (χ0n) is 22.8. The summed E-state index contributed by atoms with van der Waals surface area (Å²) >= 11 is 0. The number of hydrogen-bond donors (Lipinski definition) is 5. The Morgan fingerprint density at radius 2 is 1.93 bits per heavy atom. The third-order valence-electron chi connectivity index (χ3n) is 10.1. The molecule has 6 rings (SSSR count). The number of phenols is 1. The predicted octanol–water partition coefficient (Wildman–Crippen LogP) is 2.61. The van der Waals surface area contributed by atoms with Crippen LogP contribution in [0.3, 0.4) is 0 Å². The average molecular weight is 554 g/mol. The Bertz CT molecular complexity index is 1430. The molecule has 0 bridgehead atoms. The quantitative estimate of drug-likeness (QED) is 0.382. The van der Waals surface area contributed by atoms with Gasteiger partial charge in [-0.15, -0.1) is 0 Å². The summed E-state index contributed by atoms with van der Waals surface area (Å²) in [6, 6.07) is 0.374. The van der Waals surface area contributed by atoms with Crippen LogP contribution in [-0.4, -0.2) is 79.7 Å². The number of fused-ring (bicyclic) bond motifs is 3. The van der Waals surface area contributed by atoms with Gasteiger partial charge in [0.05, 0.1) is 17.2 Å². The van der Waals surface area contributed by atoms with Gasteiger partial charge in [-0.2, -0.15) is 0 Å². The first-order valence-electron chi connectivity index (χ1n) is 13.9. The maximum Gasteiger partial charge on any atom is 0.252 e. The summed E-state index contributed by atoms with van der Waals surface area (Å²) < 4.78 is 16.1. The molecule has 6 N–H and O–H groups in total. The maximum atomic E-state index is 16.1. The number of nitrogens with zero attached hydrogens (tertiary/aromatic N) is 2. The molecule has 1 amide bonds. The molecule has 0 aromatic heterocycles. The molecular weight excluding hydrogens is 517 g/mol. The molecule has 4 aliphatic carbocycles. The van der Waals surface area contributed by atoms with Crippen molar-refractivity contribution in [2.24, 2.45) is 17.6 Å². The number of aliphatic hydroxyl groups is 3. The number of Topliss-reactive ketones (excluding diaryl/α,β-unsaturated/α-hetero) is 1. The number of likely N-dealkylation sites (N-methyl/N-ethyl adjacent to an activating group) is 1. The van der Waals surface area contributed by atoms with E-state index in [2.05, 4.69) is 11.5 Å². The molecule has 1 unspecified atom stereocenters. The number of benzene rings is 1. The molecule has 3 fully saturated rings. The summed E-state index contributed by atoms with van der Waals surface area (Å²) in [5.41, 5.74) is 2.70. The van der Waals surface area contributed by atoms with Gasteiger partial charge in [-0.3, -0.25) is 19.4 Å². The van der Waals surface area contributed by atoms with Gasteiger partial charge in [0.15, 0.2) is 11.4 Å². The highest BCUT2D eigenvalue weighted by Crippen LogP contribution is 2.55. The fourth-order valence-electron chi connectivity index (χ4n) is 7.95. The second-order valence-corrected chi connectivity index (χ2v) is 12.4. The van der Waals surface area contributed by atoms with Crippen LogP contribution in [0.15, 0.2) is 35.1 Å². The monoisotopic (exact) mass is 553 g/mol. The Morgan fingerprint density at radius 1 is 1.23 bits per heavy atom. The van der Waals surface area contributed by atoms with Crippen molar-refractivity contribution in [1.29, 1.82) is 0 Å². The van der Waals surface area contributed by atoms with Crippen molar-refractivity contribution in [3.05, 3.63) is 57.6 Å². The van der Waals surface area contributed by atoms with Gasteiger partial charge in [0.2, 0.25) is 0 Å². The van der Waals surface area contributed by atoms with Crippen LogP contribution in [0.4, 0.5) is 4.39 Å². The van der Waals surface area contributed by atoms with Gasteiger partial charge < -0.3 is 26.2 Å². The number of piperidine rings is 1. The number of carbonyl (C=O) groups is 2. The minimum atomic E-state index is -2.34. The van der Waals surface area contributed by atoms with Gasteiger partial charge in [0.1, 0.15) is 23.1 Å². The van der Waals surface area contributed by atoms with Crippen molar-refractivity contribution in [3.8, 4) is 5.75 Å². The van der Waals surface area contributed by atoms with E-state index in [1.54, 1.807) is 19.0 Å². The van der Waals surface area contributed by atoms with Gasteiger partial charge >= 0.3 is 0 Å². The lowest BCUT2D eigenvalue weighted by atomic mass is 9.56. The second-order valence-electron chi connectivity index (χ2n) is 12.4. The SMILES string of the molecule is C=C1C(C(N)=O)=C(O)[C@@H](N(C)C)[C@@H]2CC3Cc4c(F)c(CN5CCCCC56CC6)cc(O)c4C(O)=C3C(=O)[C@]12O. The first-order chi connectivity index (χ1) is 18.8. The number of likely N-dealkylation sites (tertiary alicyclic amines) is 1. The molecule has 1 saturated heterocycles. The Kier molecular flexibility index (Phi) is 6.00. The zero-order chi connectivity index (χ0) is 28.9. The molecule has 4 atom stereocenters. The van der Waals surface area contributed by atoms with E-state index < -0.39 is 52.3 Å². The van der Waals surface area contributed by atoms with Crippen molar-refractivity contribution in [2.45, 2.75) is 68.7 Å². The van der Waals surface area contributed by atoms with E-state index in [9.17, 15) is 30.0 Å². The van der Waals surface area contributed by atoms with Crippen molar-refractivity contribution in [2.75, 3.05) is 20.6 Å². The Morgan fingerprint density at radius 3 is 2.55 bits per heavy atom. The number of nitrogens with two attached hydrogens (primary N) is 1. The Hall–Kier alpha value is -3.21. The average Bonchev–Trinajstić information content (AvgIpc) is 3.65. The van der Waals surface area contributed by atoms with Gasteiger partial charge in [-0.1, -0.05) is 13.0 Å². The zero-order valence-corrected chi connectivity index (χ0v) is 22.8. The van der Waals surface area contributed by atoms with Gasteiger partial charge in [-0.25, -0.2) is 4.39 Å². The molecule has 40 heavy (non-hydrogen) atoms. The topological polar surface area (TPSA) is 148 Å². The molecule has 5 aliphatic rings. The third kappa shape index (κ3) is 3.55. The number of aliphatic hydroxyl groups excluding tert-OH is 2. The molecule has 10 heteroatoms. The molecule has 0 radical (unpaired) electrons. The van der Waals surface area contributed by atoms with E-state index in [1.807, 2.05) is 0 Å². The molecule has 1 heterocycles. The lowest BCUT2D eigenvalue weighted by Gasteiger charge is -2.52. The molecule has 1 aliphatic heterocycles. The summed E-state index contributed by atoms with van der Waals surface area (Å²) in [7, 11) is 3.27. The van der Waals surface area contributed by atoms with Crippen LogP contribution in [0.25, 0.3) is 5.76 Å². The minimum Gasteiger partial charge on any atom is -0.510 e. The molecule has 214 valence electrons. The number of carbonyl (C=O) groups excluding carboxylic acids is 2. The lowest BCUT2D eigenvalue weighted by molar-refractivity contribution is -0.143. The Balaban J connectivity index is 1.44. The largest absolute Gasteiger partial charge is 0.510 e. The van der Waals surface area contributed by atoms with Crippen molar-refractivity contribution in [3.63, 3.8) is 0 Å². The summed E-state index contributed by atoms with van der Waals surface area (Å²) in [5.74, 6) is -5.40. The maximum absolute atomic E-state index is 16.1. The number of hydrogen-bond acceptors (Lipinski definition) is 8. The third-order valence-corrected chi connectivity index (χ3v) is 10.1. The molecule has 1 spiro atoms. The standard InChI is InChI=1S/C30H36FN3O6/c1-14-20(28(32)39)26(37)24(33(2)3)18-11-15-10-17-22(25(36)21(15)27(38)30(14,18)40)19(35)12-16(23(17)31)13-34-9-5-4-6-29(34)7-8-29/h12,15,18,24,35-37,40H,1,4-11,13H2,2-3H3,(H2,32,39)/t15?,18-,24-,30-/m0/s1. The number of phenolic OH excluding ortho intramolecular Hbond substituents is 1. The van der Waals surface area contributed by atoms with E-state index in [1.165, 1.54) is 6.07 Å². The van der Waals surface area contributed by atoms with Crippen LogP contribution in [0.5, 0.6) is 5.75 Å². The molecule has 1 aromatic carbocycles. The molecule has 1 aromatic rings. The van der Waals surface area contributed by atoms with Gasteiger partial charge in [0.25, 0.3) is 5.91 Å². The first-order valence-corrected chi connectivity index (χ1v) is 13.9. The predicted molar refractivity (Wildman–Crippen MR) is 145 cm³/mol. The fraction of sp³-hybridized carbons (Fsp3) is 0.533. The first kappa shape index (κ1) is 27.0. The van der Waals surface area contributed by atoms with E-state index in [0.717, 1.165) is 38.6 Å². The molecule has 9 nitrogen and oxygen atoms in total. The Labute approximate surface area is 232 Å². The lowest BCUT2D eigenvalue weighted by Crippen LogP contribution is -2.63. The van der Waals surface area contributed by atoms with Crippen LogP contribution in [0.2, 0.25) is 0 Å². The summed E-state index contributed by atoms with van der Waals surface area (Å²) in [6.07, 6.45) is 5.56. The van der Waals surface area contributed by atoms with E-state index in [0.29, 0.717) is 12.1 Å². The second kappa shape index (κ2) is 8.89. The number of primary amides is 1. The molecular formula is C30H36FN3O6. The minimum absolute atomic E-state index is 0.0190. The van der Waals surface area contributed by atoms with Crippen LogP contribution in [0, 0.1) is 17.7 Å². The van der Waals surface area contributed by atoms with Gasteiger partial charge in [-0.05, 0) is 71.1 Å². The number of halogens is 1. The number of rotatable bonds is 4. The van der Waals surface area contributed by atoms with Crippen LogP contribution >= 0.6 is 0 Å². The summed E-state index contributed by atoms with van der Waals surface area (Å²) in [4.78, 5) is 30.1. The normalized spacial score (nSPS) is 31.4. The highest BCUT2D eigenvalue weighted by molar-refractivity contribution is 6.13. The van der Waals surface area contributed by atoms with Crippen LogP contribution in [-0.2, 0) is 22.6 Å². The van der Waals surface area contributed by atoms with Crippen molar-refractivity contribution in [1.82, 2.24) is 9.80 Å². The van der Waals surface area contributed by atoms with Gasteiger partial charge in [0, 0.05) is 40.3 Å². The van der Waals surface area contributed by atoms with E-state index in [-0.39, 0.29) is 52.2 Å². The highest BCUT2D eigenvalue weighted by atomic mass is 19.1.